The molecule has 0 heterocycles. The Labute approximate surface area is 71.9 Å². The maximum absolute atomic E-state index is 12.6. The maximum Gasteiger partial charge on any atom is 0.483 e. The van der Waals surface area contributed by atoms with Crippen LogP contribution in [0.25, 0.3) is 0 Å². The molecule has 2 N–H and O–H groups in total. The Morgan fingerprint density at radius 2 is 2.08 bits per heavy atom. The molecule has 0 spiro atoms. The largest absolute Gasteiger partial charge is 0.483 e. The molecule has 66 valence electrons. The average Bonchev–Trinajstić information content (AvgIpc) is 2.00. The number of allylic oxidation sites excluding steroid dienone is 5. The smallest absolute Gasteiger partial charge is 0.423 e. The molecule has 0 rings (SSSR count). The number of hydrogen-bond acceptors (Lipinski definition) is 2. The lowest BCUT2D eigenvalue weighted by atomic mass is 9.80. The van der Waals surface area contributed by atoms with Gasteiger partial charge < -0.3 is 10.0 Å². The third-order valence-corrected chi connectivity index (χ3v) is 1.27. The highest BCUT2D eigenvalue weighted by atomic mass is 19.1. The van der Waals surface area contributed by atoms with Crippen LogP contribution in [-0.2, 0) is 0 Å². The van der Waals surface area contributed by atoms with Crippen molar-refractivity contribution < 1.29 is 14.4 Å². The second-order valence-corrected chi connectivity index (χ2v) is 2.39. The molecule has 0 amide bonds. The van der Waals surface area contributed by atoms with Gasteiger partial charge in [-0.3, -0.25) is 0 Å². The molecule has 0 aliphatic rings. The SMILES string of the molecule is C=CC/C(F)=C\C=C(/C)B(O)O. The van der Waals surface area contributed by atoms with Crippen LogP contribution in [0.2, 0.25) is 0 Å². The van der Waals surface area contributed by atoms with Gasteiger partial charge in [-0.15, -0.1) is 6.58 Å². The molecule has 0 atom stereocenters. The molecule has 0 unspecified atom stereocenters. The van der Waals surface area contributed by atoms with E-state index in [1.165, 1.54) is 25.2 Å². The summed E-state index contributed by atoms with van der Waals surface area (Å²) in [5.41, 5.74) is 0.300. The molecule has 0 aromatic rings. The fourth-order valence-corrected chi connectivity index (χ4v) is 0.514. The summed E-state index contributed by atoms with van der Waals surface area (Å²) in [5.74, 6) is -0.356. The van der Waals surface area contributed by atoms with E-state index in [0.29, 0.717) is 5.47 Å². The zero-order valence-corrected chi connectivity index (χ0v) is 7.00. The molecule has 0 aromatic heterocycles. The third-order valence-electron chi connectivity index (χ3n) is 1.27. The Kier molecular flexibility index (Phi) is 5.33. The number of hydrogen-bond donors (Lipinski definition) is 2. The van der Waals surface area contributed by atoms with E-state index < -0.39 is 7.12 Å². The maximum atomic E-state index is 12.6. The second-order valence-electron chi connectivity index (χ2n) is 2.39. The minimum atomic E-state index is -1.52. The van der Waals surface area contributed by atoms with Gasteiger partial charge in [-0.1, -0.05) is 12.2 Å². The Balaban J connectivity index is 4.16. The van der Waals surface area contributed by atoms with Crippen molar-refractivity contribution in [2.24, 2.45) is 0 Å². The summed E-state index contributed by atoms with van der Waals surface area (Å²) in [6, 6.07) is 0. The lowest BCUT2D eigenvalue weighted by Gasteiger charge is -1.94. The van der Waals surface area contributed by atoms with Crippen LogP contribution >= 0.6 is 0 Å². The van der Waals surface area contributed by atoms with Crippen molar-refractivity contribution in [2.75, 3.05) is 0 Å². The molecule has 0 saturated heterocycles. The van der Waals surface area contributed by atoms with Gasteiger partial charge in [0.05, 0.1) is 0 Å². The fourth-order valence-electron chi connectivity index (χ4n) is 0.514. The van der Waals surface area contributed by atoms with Gasteiger partial charge >= 0.3 is 7.12 Å². The molecule has 12 heavy (non-hydrogen) atoms. The highest BCUT2D eigenvalue weighted by Crippen LogP contribution is 2.04. The van der Waals surface area contributed by atoms with E-state index >= 15 is 0 Å². The molecule has 0 radical (unpaired) electrons. The van der Waals surface area contributed by atoms with Crippen molar-refractivity contribution >= 4 is 7.12 Å². The molecule has 0 aliphatic carbocycles. The standard InChI is InChI=1S/C8H12BFO2/c1-3-4-8(10)6-5-7(2)9(11)12/h3,5-6,11-12H,1,4H2,2H3/b7-5+,8-6+. The number of rotatable bonds is 4. The summed E-state index contributed by atoms with van der Waals surface area (Å²) in [6.07, 6.45) is 4.11. The van der Waals surface area contributed by atoms with Crippen LogP contribution in [0.4, 0.5) is 4.39 Å². The zero-order chi connectivity index (χ0) is 9.56. The Bertz CT molecular complexity index is 209. The van der Waals surface area contributed by atoms with Gasteiger partial charge in [0.15, 0.2) is 0 Å². The van der Waals surface area contributed by atoms with Crippen LogP contribution in [0.1, 0.15) is 13.3 Å². The summed E-state index contributed by atoms with van der Waals surface area (Å²) in [5, 5.41) is 17.2. The van der Waals surface area contributed by atoms with Gasteiger partial charge in [0.2, 0.25) is 0 Å². The average molecular weight is 170 g/mol. The van der Waals surface area contributed by atoms with E-state index in [0.717, 1.165) is 0 Å². The molecule has 2 nitrogen and oxygen atoms in total. The summed E-state index contributed by atoms with van der Waals surface area (Å²) in [7, 11) is -1.52. The van der Waals surface area contributed by atoms with E-state index in [1.807, 2.05) is 0 Å². The van der Waals surface area contributed by atoms with Crippen LogP contribution < -0.4 is 0 Å². The van der Waals surface area contributed by atoms with Gasteiger partial charge in [0.25, 0.3) is 0 Å². The van der Waals surface area contributed by atoms with Crippen LogP contribution in [0.5, 0.6) is 0 Å². The van der Waals surface area contributed by atoms with Crippen LogP contribution in [0.3, 0.4) is 0 Å². The van der Waals surface area contributed by atoms with Gasteiger partial charge in [0.1, 0.15) is 5.83 Å². The summed E-state index contributed by atoms with van der Waals surface area (Å²) in [6.45, 7) is 4.86. The van der Waals surface area contributed by atoms with E-state index in [1.54, 1.807) is 0 Å². The van der Waals surface area contributed by atoms with Crippen LogP contribution in [0, 0.1) is 0 Å². The lowest BCUT2D eigenvalue weighted by molar-refractivity contribution is 0.419. The summed E-state index contributed by atoms with van der Waals surface area (Å²) < 4.78 is 12.6. The van der Waals surface area contributed by atoms with Crippen LogP contribution in [-0.4, -0.2) is 17.2 Å². The first-order valence-corrected chi connectivity index (χ1v) is 3.57. The predicted molar refractivity (Wildman–Crippen MR) is 48.0 cm³/mol. The minimum absolute atomic E-state index is 0.158. The molecular formula is C8H12BFO2. The van der Waals surface area contributed by atoms with Crippen LogP contribution in [0.15, 0.2) is 36.1 Å². The van der Waals surface area contributed by atoms with Crippen molar-refractivity contribution in [1.82, 2.24) is 0 Å². The van der Waals surface area contributed by atoms with Gasteiger partial charge in [-0.05, 0) is 18.5 Å². The summed E-state index contributed by atoms with van der Waals surface area (Å²) >= 11 is 0. The van der Waals surface area contributed by atoms with Gasteiger partial charge in [-0.25, -0.2) is 4.39 Å². The Hall–Kier alpha value is -0.865. The van der Waals surface area contributed by atoms with E-state index in [4.69, 9.17) is 10.0 Å². The fraction of sp³-hybridized carbons (Fsp3) is 0.250. The van der Waals surface area contributed by atoms with Crippen molar-refractivity contribution in [1.29, 1.82) is 0 Å². The van der Waals surface area contributed by atoms with Gasteiger partial charge in [-0.2, -0.15) is 0 Å². The molecule has 0 bridgehead atoms. The first kappa shape index (κ1) is 11.1. The van der Waals surface area contributed by atoms with Gasteiger partial charge in [0, 0.05) is 6.42 Å². The molecule has 0 fully saturated rings. The molecule has 0 aliphatic heterocycles. The summed E-state index contributed by atoms with van der Waals surface area (Å²) in [4.78, 5) is 0. The first-order valence-electron chi connectivity index (χ1n) is 3.57. The van der Waals surface area contributed by atoms with E-state index in [-0.39, 0.29) is 12.2 Å². The third kappa shape index (κ3) is 4.88. The molecule has 4 heteroatoms. The quantitative estimate of drug-likeness (QED) is 0.380. The van der Waals surface area contributed by atoms with Crippen molar-refractivity contribution in [3.05, 3.63) is 36.1 Å². The highest BCUT2D eigenvalue weighted by Gasteiger charge is 2.07. The first-order chi connectivity index (χ1) is 5.57. The topological polar surface area (TPSA) is 40.5 Å². The highest BCUT2D eigenvalue weighted by molar-refractivity contribution is 6.50. The lowest BCUT2D eigenvalue weighted by Crippen LogP contribution is -2.12. The molecular weight excluding hydrogens is 158 g/mol. The van der Waals surface area contributed by atoms with E-state index in [9.17, 15) is 4.39 Å². The Morgan fingerprint density at radius 1 is 1.50 bits per heavy atom. The van der Waals surface area contributed by atoms with Crippen molar-refractivity contribution in [3.63, 3.8) is 0 Å². The molecule has 0 saturated carbocycles. The van der Waals surface area contributed by atoms with E-state index in [2.05, 4.69) is 6.58 Å². The van der Waals surface area contributed by atoms with Crippen molar-refractivity contribution in [3.8, 4) is 0 Å². The zero-order valence-electron chi connectivity index (χ0n) is 7.00. The molecule has 0 aromatic carbocycles. The van der Waals surface area contributed by atoms with Crippen molar-refractivity contribution in [2.45, 2.75) is 13.3 Å². The second kappa shape index (κ2) is 5.74. The number of halogens is 1. The normalized spacial score (nSPS) is 13.0. The monoisotopic (exact) mass is 170 g/mol. The minimum Gasteiger partial charge on any atom is -0.423 e. The Morgan fingerprint density at radius 3 is 2.50 bits per heavy atom. The predicted octanol–water partition coefficient (Wildman–Crippen LogP) is 1.37.